The largest absolute Gasteiger partial charge is 0.465 e. The second kappa shape index (κ2) is 6.04. The number of benzene rings is 2. The standard InChI is InChI=1S/C15H13FN2O3/c1-21-15(20)11-4-2-3-5-13(11)18-14(19)10-7-6-9(17)8-12(10)16/h2-8H,17H2,1H3,(H,18,19). The van der Waals surface area contributed by atoms with Crippen LogP contribution >= 0.6 is 0 Å². The van der Waals surface area contributed by atoms with Crippen molar-refractivity contribution in [2.75, 3.05) is 18.2 Å². The van der Waals surface area contributed by atoms with Crippen molar-refractivity contribution < 1.29 is 18.7 Å². The Bertz CT molecular complexity index is 701. The van der Waals surface area contributed by atoms with Crippen LogP contribution in [-0.2, 0) is 4.74 Å². The van der Waals surface area contributed by atoms with E-state index in [0.29, 0.717) is 0 Å². The first-order chi connectivity index (χ1) is 10.0. The predicted octanol–water partition coefficient (Wildman–Crippen LogP) is 2.45. The molecule has 0 fully saturated rings. The van der Waals surface area contributed by atoms with Gasteiger partial charge in [-0.25, -0.2) is 9.18 Å². The predicted molar refractivity (Wildman–Crippen MR) is 76.5 cm³/mol. The average Bonchev–Trinajstić information content (AvgIpc) is 2.46. The second-order valence-corrected chi connectivity index (χ2v) is 4.23. The Kier molecular flexibility index (Phi) is 4.18. The van der Waals surface area contributed by atoms with Crippen molar-refractivity contribution in [2.45, 2.75) is 0 Å². The molecule has 0 saturated heterocycles. The minimum Gasteiger partial charge on any atom is -0.465 e. The number of methoxy groups -OCH3 is 1. The smallest absolute Gasteiger partial charge is 0.339 e. The van der Waals surface area contributed by atoms with Crippen LogP contribution in [-0.4, -0.2) is 19.0 Å². The van der Waals surface area contributed by atoms with Crippen LogP contribution in [0.2, 0.25) is 0 Å². The van der Waals surface area contributed by atoms with E-state index in [2.05, 4.69) is 10.1 Å². The molecule has 0 bridgehead atoms. The minimum absolute atomic E-state index is 0.163. The van der Waals surface area contributed by atoms with Gasteiger partial charge in [-0.15, -0.1) is 0 Å². The maximum absolute atomic E-state index is 13.7. The Hall–Kier alpha value is -2.89. The van der Waals surface area contributed by atoms with E-state index in [1.54, 1.807) is 12.1 Å². The molecule has 0 aromatic heterocycles. The van der Waals surface area contributed by atoms with Crippen molar-refractivity contribution in [1.29, 1.82) is 0 Å². The third kappa shape index (κ3) is 3.17. The lowest BCUT2D eigenvalue weighted by molar-refractivity contribution is 0.0602. The molecule has 2 rings (SSSR count). The molecule has 108 valence electrons. The molecule has 0 saturated carbocycles. The number of nitrogen functional groups attached to an aromatic ring is 1. The van der Waals surface area contributed by atoms with Gasteiger partial charge in [-0.05, 0) is 30.3 Å². The summed E-state index contributed by atoms with van der Waals surface area (Å²) < 4.78 is 18.3. The molecule has 0 unspecified atom stereocenters. The normalized spacial score (nSPS) is 10.0. The van der Waals surface area contributed by atoms with Gasteiger partial charge in [0.2, 0.25) is 0 Å². The number of rotatable bonds is 3. The number of carbonyl (C=O) groups is 2. The fourth-order valence-corrected chi connectivity index (χ4v) is 1.79. The SMILES string of the molecule is COC(=O)c1ccccc1NC(=O)c1ccc(N)cc1F. The molecular formula is C15H13FN2O3. The summed E-state index contributed by atoms with van der Waals surface area (Å²) in [7, 11) is 1.24. The third-order valence-electron chi connectivity index (χ3n) is 2.82. The first-order valence-electron chi connectivity index (χ1n) is 6.06. The van der Waals surface area contributed by atoms with E-state index >= 15 is 0 Å². The lowest BCUT2D eigenvalue weighted by Gasteiger charge is -2.10. The molecule has 0 aliphatic carbocycles. The molecule has 0 atom stereocenters. The summed E-state index contributed by atoms with van der Waals surface area (Å²) in [6.07, 6.45) is 0. The molecular weight excluding hydrogens is 275 g/mol. The van der Waals surface area contributed by atoms with Gasteiger partial charge in [-0.2, -0.15) is 0 Å². The molecule has 21 heavy (non-hydrogen) atoms. The first kappa shape index (κ1) is 14.5. The highest BCUT2D eigenvalue weighted by Crippen LogP contribution is 2.19. The van der Waals surface area contributed by atoms with Crippen molar-refractivity contribution in [3.05, 3.63) is 59.4 Å². The summed E-state index contributed by atoms with van der Waals surface area (Å²) in [5.74, 6) is -2.00. The summed E-state index contributed by atoms with van der Waals surface area (Å²) in [5.41, 5.74) is 5.91. The number of carbonyl (C=O) groups excluding carboxylic acids is 2. The number of anilines is 2. The van der Waals surface area contributed by atoms with Gasteiger partial charge >= 0.3 is 5.97 Å². The van der Waals surface area contributed by atoms with Crippen LogP contribution in [0.1, 0.15) is 20.7 Å². The van der Waals surface area contributed by atoms with Crippen molar-refractivity contribution in [2.24, 2.45) is 0 Å². The first-order valence-corrected chi connectivity index (χ1v) is 6.06. The molecule has 0 aliphatic heterocycles. The molecule has 0 heterocycles. The highest BCUT2D eigenvalue weighted by Gasteiger charge is 2.16. The summed E-state index contributed by atoms with van der Waals surface area (Å²) in [5, 5.41) is 2.48. The summed E-state index contributed by atoms with van der Waals surface area (Å²) in [6.45, 7) is 0. The molecule has 5 nitrogen and oxygen atoms in total. The highest BCUT2D eigenvalue weighted by molar-refractivity contribution is 6.08. The molecule has 1 amide bonds. The highest BCUT2D eigenvalue weighted by atomic mass is 19.1. The summed E-state index contributed by atoms with van der Waals surface area (Å²) in [4.78, 5) is 23.7. The number of nitrogens with one attached hydrogen (secondary N) is 1. The Labute approximate surface area is 120 Å². The van der Waals surface area contributed by atoms with Crippen molar-refractivity contribution in [1.82, 2.24) is 0 Å². The number of hydrogen-bond acceptors (Lipinski definition) is 4. The number of amides is 1. The van der Waals surface area contributed by atoms with Crippen molar-refractivity contribution >= 4 is 23.3 Å². The van der Waals surface area contributed by atoms with Gasteiger partial charge in [0.05, 0.1) is 23.9 Å². The number of para-hydroxylation sites is 1. The van der Waals surface area contributed by atoms with E-state index in [1.165, 1.54) is 31.4 Å². The third-order valence-corrected chi connectivity index (χ3v) is 2.82. The lowest BCUT2D eigenvalue weighted by atomic mass is 10.1. The van der Waals surface area contributed by atoms with Gasteiger partial charge in [-0.1, -0.05) is 12.1 Å². The van der Waals surface area contributed by atoms with Gasteiger partial charge in [-0.3, -0.25) is 4.79 Å². The van der Waals surface area contributed by atoms with Gasteiger partial charge in [0.15, 0.2) is 0 Å². The number of esters is 1. The van der Waals surface area contributed by atoms with E-state index in [4.69, 9.17) is 5.73 Å². The zero-order valence-corrected chi connectivity index (χ0v) is 11.2. The number of hydrogen-bond donors (Lipinski definition) is 2. The van der Waals surface area contributed by atoms with Crippen LogP contribution in [0.15, 0.2) is 42.5 Å². The van der Waals surface area contributed by atoms with Crippen molar-refractivity contribution in [3.63, 3.8) is 0 Å². The zero-order valence-electron chi connectivity index (χ0n) is 11.2. The van der Waals surface area contributed by atoms with Crippen molar-refractivity contribution in [3.8, 4) is 0 Å². The Balaban J connectivity index is 2.30. The molecule has 0 radical (unpaired) electrons. The van der Waals surface area contributed by atoms with E-state index in [-0.39, 0.29) is 22.5 Å². The second-order valence-electron chi connectivity index (χ2n) is 4.23. The van der Waals surface area contributed by atoms with Gasteiger partial charge in [0.1, 0.15) is 5.82 Å². The Morgan fingerprint density at radius 3 is 2.52 bits per heavy atom. The number of nitrogens with two attached hydrogens (primary N) is 1. The van der Waals surface area contributed by atoms with Gasteiger partial charge < -0.3 is 15.8 Å². The average molecular weight is 288 g/mol. The quantitative estimate of drug-likeness (QED) is 0.671. The van der Waals surface area contributed by atoms with E-state index in [1.807, 2.05) is 0 Å². The van der Waals surface area contributed by atoms with E-state index < -0.39 is 17.7 Å². The molecule has 2 aromatic rings. The molecule has 0 aliphatic rings. The molecule has 2 aromatic carbocycles. The van der Waals surface area contributed by atoms with E-state index in [0.717, 1.165) is 6.07 Å². The molecule has 6 heteroatoms. The van der Waals surface area contributed by atoms with Crippen LogP contribution in [0.25, 0.3) is 0 Å². The van der Waals surface area contributed by atoms with Gasteiger partial charge in [0.25, 0.3) is 5.91 Å². The Morgan fingerprint density at radius 2 is 1.86 bits per heavy atom. The van der Waals surface area contributed by atoms with E-state index in [9.17, 15) is 14.0 Å². The van der Waals surface area contributed by atoms with Gasteiger partial charge in [0, 0.05) is 5.69 Å². The summed E-state index contributed by atoms with van der Waals surface area (Å²) >= 11 is 0. The van der Waals surface area contributed by atoms with Crippen LogP contribution in [0.4, 0.5) is 15.8 Å². The fraction of sp³-hybridized carbons (Fsp3) is 0.0667. The van der Waals surface area contributed by atoms with Crippen LogP contribution in [0.3, 0.4) is 0 Å². The molecule has 3 N–H and O–H groups in total. The Morgan fingerprint density at radius 1 is 1.14 bits per heavy atom. The monoisotopic (exact) mass is 288 g/mol. The summed E-state index contributed by atoms with van der Waals surface area (Å²) in [6, 6.07) is 10.1. The topological polar surface area (TPSA) is 81.4 Å². The van der Waals surface area contributed by atoms with Crippen LogP contribution in [0, 0.1) is 5.82 Å². The van der Waals surface area contributed by atoms with Crippen LogP contribution in [0.5, 0.6) is 0 Å². The molecule has 0 spiro atoms. The lowest BCUT2D eigenvalue weighted by Crippen LogP contribution is -2.16. The number of halogens is 1. The maximum atomic E-state index is 13.7. The fourth-order valence-electron chi connectivity index (χ4n) is 1.79. The van der Waals surface area contributed by atoms with Crippen LogP contribution < -0.4 is 11.1 Å². The number of ether oxygens (including phenoxy) is 1. The maximum Gasteiger partial charge on any atom is 0.339 e. The minimum atomic E-state index is -0.733. The zero-order chi connectivity index (χ0) is 15.4.